The van der Waals surface area contributed by atoms with Crippen molar-refractivity contribution in [1.82, 2.24) is 0 Å². The molecule has 0 fully saturated rings. The summed E-state index contributed by atoms with van der Waals surface area (Å²) in [6, 6.07) is 0. The van der Waals surface area contributed by atoms with Crippen molar-refractivity contribution in [2.45, 2.75) is 34.1 Å². The number of carbonyl (C=O) groups excluding carboxylic acids is 1. The van der Waals surface area contributed by atoms with Gasteiger partial charge >= 0.3 is 0 Å². The van der Waals surface area contributed by atoms with Crippen LogP contribution < -0.4 is 0 Å². The number of hydrogen-bond acceptors (Lipinski definition) is 3. The van der Waals surface area contributed by atoms with Crippen molar-refractivity contribution in [3.8, 4) is 0 Å². The SMILES string of the molecule is CC(C)CCSC(=O)C(C)(C)CS. The molecule has 0 aromatic heterocycles. The van der Waals surface area contributed by atoms with Gasteiger partial charge in [-0.2, -0.15) is 12.6 Å². The molecule has 0 aliphatic carbocycles. The zero-order chi connectivity index (χ0) is 10.5. The Labute approximate surface area is 91.5 Å². The highest BCUT2D eigenvalue weighted by molar-refractivity contribution is 8.13. The van der Waals surface area contributed by atoms with Gasteiger partial charge < -0.3 is 0 Å². The minimum Gasteiger partial charge on any atom is -0.287 e. The smallest absolute Gasteiger partial charge is 0.195 e. The highest BCUT2D eigenvalue weighted by Gasteiger charge is 2.25. The minimum absolute atomic E-state index is 0.267. The van der Waals surface area contributed by atoms with Crippen molar-refractivity contribution in [3.63, 3.8) is 0 Å². The Kier molecular flexibility index (Phi) is 6.14. The largest absolute Gasteiger partial charge is 0.287 e. The predicted molar refractivity (Wildman–Crippen MR) is 64.6 cm³/mol. The molecule has 0 radical (unpaired) electrons. The highest BCUT2D eigenvalue weighted by Crippen LogP contribution is 2.26. The molecule has 0 N–H and O–H groups in total. The molecule has 0 aliphatic rings. The third-order valence-corrected chi connectivity index (χ3v) is 3.92. The van der Waals surface area contributed by atoms with Crippen molar-refractivity contribution in [3.05, 3.63) is 0 Å². The average Bonchev–Trinajstić information content (AvgIpc) is 2.03. The second kappa shape index (κ2) is 5.97. The van der Waals surface area contributed by atoms with Gasteiger partial charge in [-0.3, -0.25) is 4.79 Å². The maximum atomic E-state index is 11.6. The zero-order valence-corrected chi connectivity index (χ0v) is 10.7. The lowest BCUT2D eigenvalue weighted by Crippen LogP contribution is -2.23. The predicted octanol–water partition coefficient (Wildman–Crippen LogP) is 3.25. The molecule has 78 valence electrons. The van der Waals surface area contributed by atoms with Crippen molar-refractivity contribution in [2.24, 2.45) is 11.3 Å². The summed E-state index contributed by atoms with van der Waals surface area (Å²) in [6.45, 7) is 8.25. The van der Waals surface area contributed by atoms with E-state index in [0.717, 1.165) is 12.2 Å². The third-order valence-electron chi connectivity index (χ3n) is 1.88. The van der Waals surface area contributed by atoms with Gasteiger partial charge in [0.2, 0.25) is 0 Å². The summed E-state index contributed by atoms with van der Waals surface area (Å²) >= 11 is 5.62. The van der Waals surface area contributed by atoms with Crippen molar-refractivity contribution >= 4 is 29.5 Å². The molecule has 3 heteroatoms. The number of carbonyl (C=O) groups is 1. The standard InChI is InChI=1S/C10H20OS2/c1-8(2)5-6-13-9(11)10(3,4)7-12/h8,12H,5-7H2,1-4H3. The first kappa shape index (κ1) is 13.4. The molecule has 13 heavy (non-hydrogen) atoms. The van der Waals surface area contributed by atoms with Gasteiger partial charge in [-0.05, 0) is 12.3 Å². The molecule has 0 saturated carbocycles. The summed E-state index contributed by atoms with van der Waals surface area (Å²) in [6.07, 6.45) is 1.11. The molecular formula is C10H20OS2. The van der Waals surface area contributed by atoms with Crippen molar-refractivity contribution in [1.29, 1.82) is 0 Å². The molecule has 0 spiro atoms. The van der Waals surface area contributed by atoms with Crippen LogP contribution in [-0.4, -0.2) is 16.6 Å². The van der Waals surface area contributed by atoms with Crippen molar-refractivity contribution < 1.29 is 4.79 Å². The molecule has 0 heterocycles. The van der Waals surface area contributed by atoms with E-state index in [0.29, 0.717) is 11.7 Å². The summed E-state index contributed by atoms with van der Waals surface area (Å²) in [5.41, 5.74) is -0.273. The Morgan fingerprint density at radius 2 is 2.00 bits per heavy atom. The van der Waals surface area contributed by atoms with Gasteiger partial charge in [0.15, 0.2) is 5.12 Å². The molecule has 0 aromatic rings. The van der Waals surface area contributed by atoms with E-state index in [9.17, 15) is 4.79 Å². The number of thioether (sulfide) groups is 1. The van der Waals surface area contributed by atoms with E-state index in [4.69, 9.17) is 0 Å². The number of thiol groups is 1. The van der Waals surface area contributed by atoms with Crippen LogP contribution in [0.25, 0.3) is 0 Å². The number of hydrogen-bond donors (Lipinski definition) is 1. The van der Waals surface area contributed by atoms with E-state index in [2.05, 4.69) is 26.5 Å². The molecule has 0 atom stereocenters. The van der Waals surface area contributed by atoms with Gasteiger partial charge in [-0.15, -0.1) is 0 Å². The molecule has 0 unspecified atom stereocenters. The molecule has 0 saturated heterocycles. The molecule has 0 bridgehead atoms. The fourth-order valence-corrected chi connectivity index (χ4v) is 2.14. The Bertz CT molecular complexity index is 164. The van der Waals surface area contributed by atoms with Crippen LogP contribution in [0.15, 0.2) is 0 Å². The molecular weight excluding hydrogens is 200 g/mol. The Morgan fingerprint density at radius 1 is 1.46 bits per heavy atom. The minimum atomic E-state index is -0.273. The third kappa shape index (κ3) is 5.63. The maximum Gasteiger partial charge on any atom is 0.195 e. The summed E-state index contributed by atoms with van der Waals surface area (Å²) in [5.74, 6) is 2.24. The first-order valence-electron chi connectivity index (χ1n) is 4.68. The topological polar surface area (TPSA) is 17.1 Å². The van der Waals surface area contributed by atoms with E-state index in [-0.39, 0.29) is 10.5 Å². The molecule has 0 amide bonds. The van der Waals surface area contributed by atoms with Crippen LogP contribution in [-0.2, 0) is 4.79 Å². The molecule has 1 nitrogen and oxygen atoms in total. The lowest BCUT2D eigenvalue weighted by atomic mass is 9.99. The second-order valence-electron chi connectivity index (χ2n) is 4.36. The first-order chi connectivity index (χ1) is 5.90. The van der Waals surface area contributed by atoms with Crippen LogP contribution in [0.1, 0.15) is 34.1 Å². The van der Waals surface area contributed by atoms with Gasteiger partial charge in [-0.1, -0.05) is 39.5 Å². The number of rotatable bonds is 5. The Hall–Kier alpha value is 0.370. The van der Waals surface area contributed by atoms with Gasteiger partial charge in [0.1, 0.15) is 0 Å². The van der Waals surface area contributed by atoms with Gasteiger partial charge in [-0.25, -0.2) is 0 Å². The fourth-order valence-electron chi connectivity index (χ4n) is 0.647. The van der Waals surface area contributed by atoms with E-state index < -0.39 is 0 Å². The van der Waals surface area contributed by atoms with Gasteiger partial charge in [0.05, 0.1) is 0 Å². The normalized spacial score (nSPS) is 12.2. The van der Waals surface area contributed by atoms with Gasteiger partial charge in [0.25, 0.3) is 0 Å². The molecule has 0 aromatic carbocycles. The molecule has 0 aliphatic heterocycles. The van der Waals surface area contributed by atoms with E-state index in [1.54, 1.807) is 0 Å². The maximum absolute atomic E-state index is 11.6. The Morgan fingerprint density at radius 3 is 2.38 bits per heavy atom. The monoisotopic (exact) mass is 220 g/mol. The van der Waals surface area contributed by atoms with Crippen LogP contribution in [0.4, 0.5) is 0 Å². The Balaban J connectivity index is 3.75. The van der Waals surface area contributed by atoms with E-state index >= 15 is 0 Å². The lowest BCUT2D eigenvalue weighted by Gasteiger charge is -2.19. The summed E-state index contributed by atoms with van der Waals surface area (Å²) in [7, 11) is 0. The molecule has 0 rings (SSSR count). The van der Waals surface area contributed by atoms with Crippen molar-refractivity contribution in [2.75, 3.05) is 11.5 Å². The van der Waals surface area contributed by atoms with Crippen LogP contribution in [0.2, 0.25) is 0 Å². The van der Waals surface area contributed by atoms with E-state index in [1.807, 2.05) is 13.8 Å². The second-order valence-corrected chi connectivity index (χ2v) is 5.74. The van der Waals surface area contributed by atoms with Crippen LogP contribution in [0.5, 0.6) is 0 Å². The fraction of sp³-hybridized carbons (Fsp3) is 0.900. The summed E-state index contributed by atoms with van der Waals surface area (Å²) in [5, 5.41) is 0.267. The first-order valence-corrected chi connectivity index (χ1v) is 6.30. The van der Waals surface area contributed by atoms with Crippen LogP contribution in [0.3, 0.4) is 0 Å². The van der Waals surface area contributed by atoms with Gasteiger partial charge in [0, 0.05) is 16.9 Å². The quantitative estimate of drug-likeness (QED) is 0.716. The van der Waals surface area contributed by atoms with Crippen LogP contribution >= 0.6 is 24.4 Å². The summed E-state index contributed by atoms with van der Waals surface area (Å²) in [4.78, 5) is 11.6. The zero-order valence-electron chi connectivity index (χ0n) is 8.96. The summed E-state index contributed by atoms with van der Waals surface area (Å²) < 4.78 is 0. The highest BCUT2D eigenvalue weighted by atomic mass is 32.2. The average molecular weight is 220 g/mol. The van der Waals surface area contributed by atoms with Crippen LogP contribution in [0, 0.1) is 11.3 Å². The van der Waals surface area contributed by atoms with E-state index in [1.165, 1.54) is 11.8 Å². The lowest BCUT2D eigenvalue weighted by molar-refractivity contribution is -0.117.